The predicted molar refractivity (Wildman–Crippen MR) is 107 cm³/mol. The number of carbonyl (C=O) groups excluding carboxylic acids is 2. The number of amides is 2. The van der Waals surface area contributed by atoms with Crippen molar-refractivity contribution in [2.24, 2.45) is 0 Å². The van der Waals surface area contributed by atoms with Crippen molar-refractivity contribution in [3.8, 4) is 11.8 Å². The molecule has 1 heterocycles. The van der Waals surface area contributed by atoms with Crippen molar-refractivity contribution < 1.29 is 9.59 Å². The molecule has 0 atom stereocenters. The fourth-order valence-electron chi connectivity index (χ4n) is 2.64. The molecule has 2 amide bonds. The molecule has 2 aromatic carbocycles. The minimum atomic E-state index is -0.192. The number of nitrogens with zero attached hydrogens (tertiary/aromatic N) is 2. The lowest BCUT2D eigenvalue weighted by molar-refractivity contribution is 0.0952. The zero-order valence-corrected chi connectivity index (χ0v) is 15.5. The molecule has 0 aliphatic carbocycles. The average molecular weight is 372 g/mol. The Morgan fingerprint density at radius 3 is 2.57 bits per heavy atom. The van der Waals surface area contributed by atoms with Crippen LogP contribution in [0.2, 0.25) is 0 Å². The van der Waals surface area contributed by atoms with Crippen molar-refractivity contribution >= 4 is 11.8 Å². The van der Waals surface area contributed by atoms with Crippen LogP contribution >= 0.6 is 0 Å². The van der Waals surface area contributed by atoms with E-state index in [4.69, 9.17) is 0 Å². The number of carbonyl (C=O) groups is 2. The minimum Gasteiger partial charge on any atom is -0.355 e. The van der Waals surface area contributed by atoms with Crippen LogP contribution in [0.3, 0.4) is 0 Å². The van der Waals surface area contributed by atoms with Gasteiger partial charge in [-0.05, 0) is 29.8 Å². The molecule has 140 valence electrons. The van der Waals surface area contributed by atoms with Crippen LogP contribution in [0, 0.1) is 11.8 Å². The second-order valence-corrected chi connectivity index (χ2v) is 6.04. The number of aromatic nitrogens is 2. The van der Waals surface area contributed by atoms with Gasteiger partial charge in [0.05, 0.1) is 18.4 Å². The summed E-state index contributed by atoms with van der Waals surface area (Å²) in [6, 6.07) is 14.5. The first-order chi connectivity index (χ1) is 13.7. The van der Waals surface area contributed by atoms with Gasteiger partial charge in [0.1, 0.15) is 0 Å². The molecule has 0 bridgehead atoms. The number of benzene rings is 2. The van der Waals surface area contributed by atoms with E-state index in [2.05, 4.69) is 27.5 Å². The molecule has 2 N–H and O–H groups in total. The Kier molecular flexibility index (Phi) is 6.21. The van der Waals surface area contributed by atoms with Crippen molar-refractivity contribution in [2.75, 3.05) is 13.6 Å². The van der Waals surface area contributed by atoms with Crippen molar-refractivity contribution in [1.82, 2.24) is 20.2 Å². The smallest absolute Gasteiger partial charge is 0.252 e. The largest absolute Gasteiger partial charge is 0.355 e. The molecule has 0 aliphatic heterocycles. The molecule has 3 aromatic rings. The standard InChI is InChI=1S/C22H20N4O2/c1-23-22(28)20-7-3-2-5-18(20)6-4-12-25-21(27)19-10-8-17(9-11-19)15-26-14-13-24-16-26/h2-3,5,7-11,13-14,16H,12,15H2,1H3,(H,23,28)(H,25,27). The number of hydrogen-bond acceptors (Lipinski definition) is 3. The first-order valence-corrected chi connectivity index (χ1v) is 8.80. The van der Waals surface area contributed by atoms with Gasteiger partial charge < -0.3 is 15.2 Å². The van der Waals surface area contributed by atoms with E-state index >= 15 is 0 Å². The predicted octanol–water partition coefficient (Wildman–Crippen LogP) is 2.07. The van der Waals surface area contributed by atoms with Crippen LogP contribution in [0.5, 0.6) is 0 Å². The van der Waals surface area contributed by atoms with Crippen LogP contribution in [-0.2, 0) is 6.54 Å². The molecule has 0 radical (unpaired) electrons. The zero-order chi connectivity index (χ0) is 19.8. The molecular weight excluding hydrogens is 352 g/mol. The number of rotatable bonds is 5. The molecule has 0 fully saturated rings. The molecule has 6 nitrogen and oxygen atoms in total. The highest BCUT2D eigenvalue weighted by Crippen LogP contribution is 2.07. The van der Waals surface area contributed by atoms with Gasteiger partial charge in [-0.2, -0.15) is 0 Å². The van der Waals surface area contributed by atoms with Gasteiger partial charge in [0, 0.05) is 37.1 Å². The van der Waals surface area contributed by atoms with Crippen molar-refractivity contribution in [1.29, 1.82) is 0 Å². The van der Waals surface area contributed by atoms with Crippen molar-refractivity contribution in [3.05, 3.63) is 89.5 Å². The lowest BCUT2D eigenvalue weighted by Gasteiger charge is -2.05. The first kappa shape index (κ1) is 18.9. The van der Waals surface area contributed by atoms with Gasteiger partial charge in [0.15, 0.2) is 0 Å². The molecular formula is C22H20N4O2. The SMILES string of the molecule is CNC(=O)c1ccccc1C#CCNC(=O)c1ccc(Cn2ccnc2)cc1. The number of nitrogens with one attached hydrogen (secondary N) is 2. The highest BCUT2D eigenvalue weighted by atomic mass is 16.2. The van der Waals surface area contributed by atoms with E-state index in [0.717, 1.165) is 5.56 Å². The topological polar surface area (TPSA) is 76.0 Å². The summed E-state index contributed by atoms with van der Waals surface area (Å²) in [5, 5.41) is 5.36. The molecule has 0 unspecified atom stereocenters. The average Bonchev–Trinajstić information content (AvgIpc) is 3.24. The summed E-state index contributed by atoms with van der Waals surface area (Å²) in [6.07, 6.45) is 5.37. The lowest BCUT2D eigenvalue weighted by atomic mass is 10.1. The highest BCUT2D eigenvalue weighted by molar-refractivity contribution is 5.96. The maximum atomic E-state index is 12.2. The molecule has 6 heteroatoms. The fraction of sp³-hybridized carbons (Fsp3) is 0.136. The van der Waals surface area contributed by atoms with E-state index in [9.17, 15) is 9.59 Å². The van der Waals surface area contributed by atoms with Crippen molar-refractivity contribution in [3.63, 3.8) is 0 Å². The Labute approximate surface area is 163 Å². The summed E-state index contributed by atoms with van der Waals surface area (Å²) >= 11 is 0. The second-order valence-electron chi connectivity index (χ2n) is 6.04. The van der Waals surface area contributed by atoms with Gasteiger partial charge in [-0.15, -0.1) is 0 Å². The van der Waals surface area contributed by atoms with E-state index in [-0.39, 0.29) is 18.4 Å². The Morgan fingerprint density at radius 1 is 1.07 bits per heavy atom. The molecule has 28 heavy (non-hydrogen) atoms. The van der Waals surface area contributed by atoms with E-state index in [1.807, 2.05) is 29.0 Å². The Morgan fingerprint density at radius 2 is 1.86 bits per heavy atom. The quantitative estimate of drug-likeness (QED) is 0.673. The van der Waals surface area contributed by atoms with Gasteiger partial charge in [-0.1, -0.05) is 36.1 Å². The molecule has 1 aromatic heterocycles. The van der Waals surface area contributed by atoms with Crippen LogP contribution in [0.25, 0.3) is 0 Å². The summed E-state index contributed by atoms with van der Waals surface area (Å²) in [7, 11) is 1.58. The van der Waals surface area contributed by atoms with E-state index < -0.39 is 0 Å². The van der Waals surface area contributed by atoms with Gasteiger partial charge in [-0.25, -0.2) is 4.98 Å². The first-order valence-electron chi connectivity index (χ1n) is 8.80. The Bertz CT molecular complexity index is 1010. The fourth-order valence-corrected chi connectivity index (χ4v) is 2.64. The normalized spacial score (nSPS) is 9.89. The van der Waals surface area contributed by atoms with Gasteiger partial charge in [0.25, 0.3) is 11.8 Å². The molecule has 0 saturated heterocycles. The molecule has 0 aliphatic rings. The zero-order valence-electron chi connectivity index (χ0n) is 15.5. The second kappa shape index (κ2) is 9.19. The van der Waals surface area contributed by atoms with E-state index in [1.165, 1.54) is 0 Å². The number of imidazole rings is 1. The van der Waals surface area contributed by atoms with E-state index in [0.29, 0.717) is 23.2 Å². The van der Waals surface area contributed by atoms with Crippen LogP contribution in [0.1, 0.15) is 31.8 Å². The third kappa shape index (κ3) is 4.86. The minimum absolute atomic E-state index is 0.190. The van der Waals surface area contributed by atoms with Crippen LogP contribution in [-0.4, -0.2) is 35.0 Å². The van der Waals surface area contributed by atoms with Gasteiger partial charge >= 0.3 is 0 Å². The third-order valence-electron chi connectivity index (χ3n) is 4.10. The van der Waals surface area contributed by atoms with Crippen LogP contribution < -0.4 is 10.6 Å². The molecule has 3 rings (SSSR count). The summed E-state index contributed by atoms with van der Waals surface area (Å²) in [6.45, 7) is 0.899. The maximum absolute atomic E-state index is 12.2. The van der Waals surface area contributed by atoms with Crippen LogP contribution in [0.15, 0.2) is 67.3 Å². The summed E-state index contributed by atoms with van der Waals surface area (Å²) in [5.41, 5.74) is 2.79. The number of hydrogen-bond donors (Lipinski definition) is 2. The van der Waals surface area contributed by atoms with Crippen LogP contribution in [0.4, 0.5) is 0 Å². The van der Waals surface area contributed by atoms with Crippen molar-refractivity contribution in [2.45, 2.75) is 6.54 Å². The maximum Gasteiger partial charge on any atom is 0.252 e. The summed E-state index contributed by atoms with van der Waals surface area (Å²) < 4.78 is 1.96. The Hall–Kier alpha value is -3.85. The van der Waals surface area contributed by atoms with Gasteiger partial charge in [0.2, 0.25) is 0 Å². The third-order valence-corrected chi connectivity index (χ3v) is 4.10. The van der Waals surface area contributed by atoms with E-state index in [1.54, 1.807) is 49.9 Å². The molecule has 0 spiro atoms. The summed E-state index contributed by atoms with van der Waals surface area (Å²) in [5.74, 6) is 5.44. The lowest BCUT2D eigenvalue weighted by Crippen LogP contribution is -2.23. The van der Waals surface area contributed by atoms with Gasteiger partial charge in [-0.3, -0.25) is 9.59 Å². The molecule has 0 saturated carbocycles. The highest BCUT2D eigenvalue weighted by Gasteiger charge is 2.07. The summed E-state index contributed by atoms with van der Waals surface area (Å²) in [4.78, 5) is 28.1. The monoisotopic (exact) mass is 372 g/mol. The Balaban J connectivity index is 1.57.